The molecule has 0 unspecified atom stereocenters. The number of ether oxygens (including phenoxy) is 1. The fraction of sp³-hybridized carbons (Fsp3) is 0.538. The molecule has 17 heavy (non-hydrogen) atoms. The SMILES string of the molecule is COc1ccc(N2CCNCC2(C)C)cc1Cl. The number of rotatable bonds is 2. The molecule has 0 amide bonds. The van der Waals surface area contributed by atoms with E-state index in [1.807, 2.05) is 12.1 Å². The van der Waals surface area contributed by atoms with E-state index in [4.69, 9.17) is 16.3 Å². The number of nitrogens with one attached hydrogen (secondary N) is 1. The molecule has 1 aliphatic rings. The van der Waals surface area contributed by atoms with E-state index < -0.39 is 0 Å². The van der Waals surface area contributed by atoms with Gasteiger partial charge in [0.1, 0.15) is 5.75 Å². The monoisotopic (exact) mass is 254 g/mol. The topological polar surface area (TPSA) is 24.5 Å². The van der Waals surface area contributed by atoms with Gasteiger partial charge in [-0.15, -0.1) is 0 Å². The van der Waals surface area contributed by atoms with Gasteiger partial charge in [0.15, 0.2) is 0 Å². The summed E-state index contributed by atoms with van der Waals surface area (Å²) in [6, 6.07) is 5.97. The summed E-state index contributed by atoms with van der Waals surface area (Å²) in [6.07, 6.45) is 0. The number of nitrogens with zero attached hydrogens (tertiary/aromatic N) is 1. The lowest BCUT2D eigenvalue weighted by Gasteiger charge is -2.44. The van der Waals surface area contributed by atoms with Gasteiger partial charge in [-0.25, -0.2) is 0 Å². The summed E-state index contributed by atoms with van der Waals surface area (Å²) in [5, 5.41) is 4.08. The third-order valence-electron chi connectivity index (χ3n) is 3.25. The van der Waals surface area contributed by atoms with E-state index in [-0.39, 0.29) is 5.54 Å². The van der Waals surface area contributed by atoms with Gasteiger partial charge in [0.2, 0.25) is 0 Å². The molecule has 0 saturated carbocycles. The number of halogens is 1. The highest BCUT2D eigenvalue weighted by Crippen LogP contribution is 2.32. The molecule has 0 radical (unpaired) electrons. The molecule has 4 heteroatoms. The Morgan fingerprint density at radius 3 is 2.76 bits per heavy atom. The van der Waals surface area contributed by atoms with Crippen molar-refractivity contribution >= 4 is 17.3 Å². The number of anilines is 1. The van der Waals surface area contributed by atoms with Crippen LogP contribution in [0.15, 0.2) is 18.2 Å². The summed E-state index contributed by atoms with van der Waals surface area (Å²) in [5.74, 6) is 0.725. The Morgan fingerprint density at radius 1 is 1.41 bits per heavy atom. The molecule has 1 aliphatic heterocycles. The van der Waals surface area contributed by atoms with Gasteiger partial charge in [-0.05, 0) is 32.0 Å². The Hall–Kier alpha value is -0.930. The van der Waals surface area contributed by atoms with Gasteiger partial charge in [0, 0.05) is 30.9 Å². The van der Waals surface area contributed by atoms with Crippen LogP contribution in [-0.4, -0.2) is 32.3 Å². The van der Waals surface area contributed by atoms with Crippen LogP contribution in [0.1, 0.15) is 13.8 Å². The van der Waals surface area contributed by atoms with E-state index >= 15 is 0 Å². The van der Waals surface area contributed by atoms with Crippen LogP contribution in [0.5, 0.6) is 5.75 Å². The Morgan fingerprint density at radius 2 is 2.18 bits per heavy atom. The molecule has 94 valence electrons. The van der Waals surface area contributed by atoms with E-state index in [1.165, 1.54) is 0 Å². The molecule has 1 saturated heterocycles. The molecular weight excluding hydrogens is 236 g/mol. The van der Waals surface area contributed by atoms with Crippen molar-refractivity contribution < 1.29 is 4.74 Å². The lowest BCUT2D eigenvalue weighted by molar-refractivity contribution is 0.380. The highest BCUT2D eigenvalue weighted by Gasteiger charge is 2.29. The first-order valence-corrected chi connectivity index (χ1v) is 6.24. The molecule has 0 atom stereocenters. The maximum Gasteiger partial charge on any atom is 0.137 e. The molecule has 1 fully saturated rings. The zero-order valence-electron chi connectivity index (χ0n) is 10.6. The number of hydrogen-bond acceptors (Lipinski definition) is 3. The standard InChI is InChI=1S/C13H19ClN2O/c1-13(2)9-15-6-7-16(13)10-4-5-12(17-3)11(14)8-10/h4-5,8,15H,6-7,9H2,1-3H3. The van der Waals surface area contributed by atoms with Crippen LogP contribution < -0.4 is 15.0 Å². The first kappa shape index (κ1) is 12.5. The second-order valence-corrected chi connectivity index (χ2v) is 5.37. The maximum atomic E-state index is 6.17. The van der Waals surface area contributed by atoms with Crippen LogP contribution in [0.2, 0.25) is 5.02 Å². The summed E-state index contributed by atoms with van der Waals surface area (Å²) in [7, 11) is 1.63. The second kappa shape index (κ2) is 4.75. The van der Waals surface area contributed by atoms with Gasteiger partial charge in [-0.3, -0.25) is 0 Å². The minimum atomic E-state index is 0.107. The number of benzene rings is 1. The number of piperazine rings is 1. The highest BCUT2D eigenvalue weighted by molar-refractivity contribution is 6.32. The van der Waals surface area contributed by atoms with Crippen molar-refractivity contribution in [3.8, 4) is 5.75 Å². The van der Waals surface area contributed by atoms with Crippen LogP contribution in [-0.2, 0) is 0 Å². The zero-order chi connectivity index (χ0) is 12.5. The van der Waals surface area contributed by atoms with Gasteiger partial charge in [0.25, 0.3) is 0 Å². The van der Waals surface area contributed by atoms with Gasteiger partial charge in [0.05, 0.1) is 12.1 Å². The molecule has 2 rings (SSSR count). The Labute approximate surface area is 108 Å². The van der Waals surface area contributed by atoms with Crippen molar-refractivity contribution in [2.24, 2.45) is 0 Å². The summed E-state index contributed by atoms with van der Waals surface area (Å²) >= 11 is 6.17. The third kappa shape index (κ3) is 2.50. The van der Waals surface area contributed by atoms with Crippen molar-refractivity contribution in [1.82, 2.24) is 5.32 Å². The molecular formula is C13H19ClN2O. The van der Waals surface area contributed by atoms with E-state index in [0.717, 1.165) is 31.1 Å². The Kier molecular flexibility index (Phi) is 3.50. The predicted molar refractivity (Wildman–Crippen MR) is 72.3 cm³/mol. The first-order chi connectivity index (χ1) is 8.04. The molecule has 1 N–H and O–H groups in total. The number of methoxy groups -OCH3 is 1. The average molecular weight is 255 g/mol. The van der Waals surface area contributed by atoms with Crippen molar-refractivity contribution in [2.75, 3.05) is 31.6 Å². The predicted octanol–water partition coefficient (Wildman–Crippen LogP) is 2.54. The van der Waals surface area contributed by atoms with Gasteiger partial charge >= 0.3 is 0 Å². The number of hydrogen-bond donors (Lipinski definition) is 1. The molecule has 0 aromatic heterocycles. The van der Waals surface area contributed by atoms with Gasteiger partial charge in [-0.1, -0.05) is 11.6 Å². The first-order valence-electron chi connectivity index (χ1n) is 5.86. The molecule has 0 spiro atoms. The van der Waals surface area contributed by atoms with Crippen LogP contribution in [0.3, 0.4) is 0 Å². The van der Waals surface area contributed by atoms with E-state index in [0.29, 0.717) is 5.02 Å². The van der Waals surface area contributed by atoms with Crippen molar-refractivity contribution in [1.29, 1.82) is 0 Å². The minimum absolute atomic E-state index is 0.107. The van der Waals surface area contributed by atoms with Crippen LogP contribution in [0.4, 0.5) is 5.69 Å². The molecule has 0 aliphatic carbocycles. The minimum Gasteiger partial charge on any atom is -0.495 e. The zero-order valence-corrected chi connectivity index (χ0v) is 11.3. The van der Waals surface area contributed by atoms with Crippen molar-refractivity contribution in [2.45, 2.75) is 19.4 Å². The molecule has 0 bridgehead atoms. The average Bonchev–Trinajstić information content (AvgIpc) is 2.28. The van der Waals surface area contributed by atoms with Gasteiger partial charge < -0.3 is 15.0 Å². The summed E-state index contributed by atoms with van der Waals surface area (Å²) in [4.78, 5) is 2.38. The lowest BCUT2D eigenvalue weighted by atomic mass is 9.99. The summed E-state index contributed by atoms with van der Waals surface area (Å²) < 4.78 is 5.18. The Bertz CT molecular complexity index is 406. The van der Waals surface area contributed by atoms with Crippen molar-refractivity contribution in [3.05, 3.63) is 23.2 Å². The van der Waals surface area contributed by atoms with E-state index in [2.05, 4.69) is 30.1 Å². The molecule has 1 aromatic rings. The summed E-state index contributed by atoms with van der Waals surface area (Å²) in [5.41, 5.74) is 1.26. The van der Waals surface area contributed by atoms with E-state index in [1.54, 1.807) is 7.11 Å². The molecule has 1 heterocycles. The fourth-order valence-corrected chi connectivity index (χ4v) is 2.54. The normalized spacial score (nSPS) is 19.2. The maximum absolute atomic E-state index is 6.17. The molecule has 1 aromatic carbocycles. The van der Waals surface area contributed by atoms with E-state index in [9.17, 15) is 0 Å². The smallest absolute Gasteiger partial charge is 0.137 e. The largest absolute Gasteiger partial charge is 0.495 e. The second-order valence-electron chi connectivity index (χ2n) is 4.96. The third-order valence-corrected chi connectivity index (χ3v) is 3.54. The highest BCUT2D eigenvalue weighted by atomic mass is 35.5. The van der Waals surface area contributed by atoms with Gasteiger partial charge in [-0.2, -0.15) is 0 Å². The van der Waals surface area contributed by atoms with Crippen LogP contribution >= 0.6 is 11.6 Å². The summed E-state index contributed by atoms with van der Waals surface area (Å²) in [6.45, 7) is 7.45. The van der Waals surface area contributed by atoms with Crippen molar-refractivity contribution in [3.63, 3.8) is 0 Å². The molecule has 3 nitrogen and oxygen atoms in total. The Balaban J connectivity index is 2.30. The quantitative estimate of drug-likeness (QED) is 0.878. The van der Waals surface area contributed by atoms with Crippen LogP contribution in [0.25, 0.3) is 0 Å². The lowest BCUT2D eigenvalue weighted by Crippen LogP contribution is -2.58. The van der Waals surface area contributed by atoms with Crippen LogP contribution in [0, 0.1) is 0 Å². The fourth-order valence-electron chi connectivity index (χ4n) is 2.29.